The van der Waals surface area contributed by atoms with Crippen LogP contribution in [0.15, 0.2) is 34.2 Å². The molecule has 5 N–H and O–H groups in total. The van der Waals surface area contributed by atoms with E-state index in [0.29, 0.717) is 6.42 Å². The molecule has 1 rings (SSSR count). The van der Waals surface area contributed by atoms with Crippen molar-refractivity contribution < 1.29 is 17.9 Å². The molecule has 0 radical (unpaired) electrons. The molecule has 9 heteroatoms. The molecular weight excluding hydrogens is 356 g/mol. The van der Waals surface area contributed by atoms with Gasteiger partial charge in [0.15, 0.2) is 5.96 Å². The number of carbonyl (C=O) groups excluding carboxylic acids is 1. The normalized spacial score (nSPS) is 13.1. The van der Waals surface area contributed by atoms with Crippen LogP contribution in [0.5, 0.6) is 0 Å². The minimum atomic E-state index is -3.87. The van der Waals surface area contributed by atoms with Gasteiger partial charge >= 0.3 is 5.97 Å². The SMILES string of the molecule is Cc1ccc(S(=O)(=O)NC(CCCN=C(N)N)C(=O)OC(C)(C)C)cc1. The van der Waals surface area contributed by atoms with Crippen LogP contribution in [-0.2, 0) is 19.6 Å². The maximum absolute atomic E-state index is 12.6. The highest BCUT2D eigenvalue weighted by molar-refractivity contribution is 7.89. The predicted molar refractivity (Wildman–Crippen MR) is 101 cm³/mol. The van der Waals surface area contributed by atoms with Crippen LogP contribution in [0.3, 0.4) is 0 Å². The first-order valence-electron chi connectivity index (χ1n) is 8.28. The lowest BCUT2D eigenvalue weighted by molar-refractivity contribution is -0.157. The van der Waals surface area contributed by atoms with E-state index in [1.807, 2.05) is 6.92 Å². The van der Waals surface area contributed by atoms with Crippen molar-refractivity contribution in [3.63, 3.8) is 0 Å². The lowest BCUT2D eigenvalue weighted by Crippen LogP contribution is -2.44. The van der Waals surface area contributed by atoms with Crippen molar-refractivity contribution >= 4 is 22.0 Å². The van der Waals surface area contributed by atoms with E-state index in [1.54, 1.807) is 32.9 Å². The summed E-state index contributed by atoms with van der Waals surface area (Å²) in [5, 5.41) is 0. The molecule has 0 saturated heterocycles. The van der Waals surface area contributed by atoms with Gasteiger partial charge in [0.2, 0.25) is 10.0 Å². The summed E-state index contributed by atoms with van der Waals surface area (Å²) in [5.41, 5.74) is 10.7. The summed E-state index contributed by atoms with van der Waals surface area (Å²) in [6.45, 7) is 7.30. The summed E-state index contributed by atoms with van der Waals surface area (Å²) in [4.78, 5) is 16.3. The first kappa shape index (κ1) is 21.9. The standard InChI is InChI=1S/C17H28N4O4S/c1-12-7-9-13(10-8-12)26(23,24)21-14(6-5-11-20-16(18)19)15(22)25-17(2,3)4/h7-10,14,21H,5-6,11H2,1-4H3,(H4,18,19,20). The number of esters is 1. The summed E-state index contributed by atoms with van der Waals surface area (Å²) < 4.78 is 32.9. The molecule has 0 bridgehead atoms. The average molecular weight is 385 g/mol. The molecule has 1 atom stereocenters. The number of ether oxygens (including phenoxy) is 1. The van der Waals surface area contributed by atoms with Crippen molar-refractivity contribution in [2.45, 2.75) is 57.1 Å². The van der Waals surface area contributed by atoms with Crippen LogP contribution in [0, 0.1) is 6.92 Å². The molecule has 1 unspecified atom stereocenters. The third-order valence-corrected chi connectivity index (χ3v) is 4.75. The third-order valence-electron chi connectivity index (χ3n) is 3.27. The quantitative estimate of drug-likeness (QED) is 0.265. The van der Waals surface area contributed by atoms with Gasteiger partial charge in [-0.3, -0.25) is 9.79 Å². The lowest BCUT2D eigenvalue weighted by atomic mass is 10.1. The second-order valence-electron chi connectivity index (χ2n) is 6.97. The Morgan fingerprint density at radius 3 is 2.31 bits per heavy atom. The van der Waals surface area contributed by atoms with Gasteiger partial charge < -0.3 is 16.2 Å². The predicted octanol–water partition coefficient (Wildman–Crippen LogP) is 1.04. The van der Waals surface area contributed by atoms with Crippen molar-refractivity contribution in [1.82, 2.24) is 4.72 Å². The van der Waals surface area contributed by atoms with Crippen molar-refractivity contribution in [2.24, 2.45) is 16.5 Å². The maximum Gasteiger partial charge on any atom is 0.324 e. The van der Waals surface area contributed by atoms with Gasteiger partial charge in [0.1, 0.15) is 11.6 Å². The van der Waals surface area contributed by atoms with E-state index < -0.39 is 27.6 Å². The fraction of sp³-hybridized carbons (Fsp3) is 0.529. The zero-order valence-corrected chi connectivity index (χ0v) is 16.5. The zero-order chi connectivity index (χ0) is 20.0. The van der Waals surface area contributed by atoms with Crippen LogP contribution in [-0.4, -0.2) is 38.5 Å². The summed E-state index contributed by atoms with van der Waals surface area (Å²) in [6, 6.07) is 5.33. The van der Waals surface area contributed by atoms with E-state index in [9.17, 15) is 13.2 Å². The van der Waals surface area contributed by atoms with Gasteiger partial charge in [0, 0.05) is 6.54 Å². The van der Waals surface area contributed by atoms with Crippen LogP contribution >= 0.6 is 0 Å². The number of aliphatic imine (C=N–C) groups is 1. The van der Waals surface area contributed by atoms with Crippen molar-refractivity contribution in [3.05, 3.63) is 29.8 Å². The topological polar surface area (TPSA) is 137 Å². The number of rotatable bonds is 8. The first-order chi connectivity index (χ1) is 11.9. The number of nitrogens with zero attached hydrogens (tertiary/aromatic N) is 1. The van der Waals surface area contributed by atoms with Crippen LogP contribution in [0.4, 0.5) is 0 Å². The number of benzene rings is 1. The van der Waals surface area contributed by atoms with Crippen LogP contribution in [0.2, 0.25) is 0 Å². The average Bonchev–Trinajstić information content (AvgIpc) is 2.48. The van der Waals surface area contributed by atoms with Gasteiger partial charge in [-0.05, 0) is 52.7 Å². The molecule has 0 aliphatic heterocycles. The zero-order valence-electron chi connectivity index (χ0n) is 15.7. The largest absolute Gasteiger partial charge is 0.459 e. The molecule has 0 aliphatic carbocycles. The van der Waals surface area contributed by atoms with Crippen molar-refractivity contribution in [3.8, 4) is 0 Å². The number of carbonyl (C=O) groups is 1. The third kappa shape index (κ3) is 7.83. The Balaban J connectivity index is 2.93. The number of sulfonamides is 1. The molecule has 0 amide bonds. The Bertz CT molecular complexity index is 733. The Hall–Kier alpha value is -2.13. The molecule has 1 aromatic rings. The fourth-order valence-corrected chi connectivity index (χ4v) is 3.29. The number of nitrogens with two attached hydrogens (primary N) is 2. The number of guanidine groups is 1. The van der Waals surface area contributed by atoms with Crippen LogP contribution in [0.25, 0.3) is 0 Å². The molecule has 0 heterocycles. The lowest BCUT2D eigenvalue weighted by Gasteiger charge is -2.24. The molecule has 0 aliphatic rings. The molecular formula is C17H28N4O4S. The number of nitrogens with one attached hydrogen (secondary N) is 1. The first-order valence-corrected chi connectivity index (χ1v) is 9.76. The highest BCUT2D eigenvalue weighted by Gasteiger charge is 2.29. The van der Waals surface area contributed by atoms with E-state index in [0.717, 1.165) is 5.56 Å². The molecule has 26 heavy (non-hydrogen) atoms. The molecule has 0 spiro atoms. The van der Waals surface area contributed by atoms with Crippen LogP contribution in [0.1, 0.15) is 39.2 Å². The van der Waals surface area contributed by atoms with Gasteiger partial charge in [-0.1, -0.05) is 17.7 Å². The molecule has 146 valence electrons. The van der Waals surface area contributed by atoms with E-state index in [4.69, 9.17) is 16.2 Å². The molecule has 1 aromatic carbocycles. The number of aryl methyl sites for hydroxylation is 1. The summed E-state index contributed by atoms with van der Waals surface area (Å²) in [6.07, 6.45) is 0.620. The maximum atomic E-state index is 12.6. The fourth-order valence-electron chi connectivity index (χ4n) is 2.07. The highest BCUT2D eigenvalue weighted by atomic mass is 32.2. The van der Waals surface area contributed by atoms with Gasteiger partial charge in [0.25, 0.3) is 0 Å². The van der Waals surface area contributed by atoms with E-state index >= 15 is 0 Å². The Morgan fingerprint density at radius 2 is 1.81 bits per heavy atom. The smallest absolute Gasteiger partial charge is 0.324 e. The minimum absolute atomic E-state index is 0.0564. The second-order valence-corrected chi connectivity index (χ2v) is 8.68. The Kier molecular flexibility index (Phi) is 7.58. The summed E-state index contributed by atoms with van der Waals surface area (Å²) in [5.74, 6) is -0.697. The van der Waals surface area contributed by atoms with Gasteiger partial charge in [0.05, 0.1) is 4.90 Å². The molecule has 0 fully saturated rings. The van der Waals surface area contributed by atoms with Gasteiger partial charge in [-0.2, -0.15) is 4.72 Å². The molecule has 8 nitrogen and oxygen atoms in total. The van der Waals surface area contributed by atoms with E-state index in [1.165, 1.54) is 12.1 Å². The molecule has 0 aromatic heterocycles. The summed E-state index contributed by atoms with van der Waals surface area (Å²) >= 11 is 0. The summed E-state index contributed by atoms with van der Waals surface area (Å²) in [7, 11) is -3.87. The second kappa shape index (κ2) is 9.00. The number of hydrogen-bond donors (Lipinski definition) is 3. The minimum Gasteiger partial charge on any atom is -0.459 e. The van der Waals surface area contributed by atoms with Crippen molar-refractivity contribution in [2.75, 3.05) is 6.54 Å². The van der Waals surface area contributed by atoms with Crippen molar-refractivity contribution in [1.29, 1.82) is 0 Å². The molecule has 0 saturated carbocycles. The van der Waals surface area contributed by atoms with E-state index in [-0.39, 0.29) is 23.8 Å². The van der Waals surface area contributed by atoms with Gasteiger partial charge in [-0.25, -0.2) is 8.42 Å². The van der Waals surface area contributed by atoms with E-state index in [2.05, 4.69) is 9.71 Å². The van der Waals surface area contributed by atoms with Crippen LogP contribution < -0.4 is 16.2 Å². The van der Waals surface area contributed by atoms with Gasteiger partial charge in [-0.15, -0.1) is 0 Å². The number of hydrogen-bond acceptors (Lipinski definition) is 5. The Labute approximate surface area is 155 Å². The Morgan fingerprint density at radius 1 is 1.23 bits per heavy atom. The monoisotopic (exact) mass is 384 g/mol. The highest BCUT2D eigenvalue weighted by Crippen LogP contribution is 2.15.